The number of allylic oxidation sites excluding steroid dienone is 1. The Kier molecular flexibility index (Phi) is 5.80. The van der Waals surface area contributed by atoms with Gasteiger partial charge in [-0.15, -0.1) is 0 Å². The van der Waals surface area contributed by atoms with Crippen LogP contribution in [0.1, 0.15) is 105 Å². The first-order chi connectivity index (χ1) is 13.3. The van der Waals surface area contributed by atoms with Crippen LogP contribution in [0.4, 0.5) is 0 Å². The van der Waals surface area contributed by atoms with Gasteiger partial charge in [0.1, 0.15) is 0 Å². The third kappa shape index (κ3) is 3.42. The average molecular weight is 387 g/mol. The number of rotatable bonds is 5. The van der Waals surface area contributed by atoms with Crippen molar-refractivity contribution in [2.24, 2.45) is 46.3 Å². The molecule has 4 aliphatic carbocycles. The molecule has 0 heterocycles. The molecule has 28 heavy (non-hydrogen) atoms. The van der Waals surface area contributed by atoms with E-state index in [9.17, 15) is 5.11 Å². The average Bonchev–Trinajstić information content (AvgIpc) is 2.99. The number of aliphatic hydroxyl groups is 1. The summed E-state index contributed by atoms with van der Waals surface area (Å²) in [7, 11) is 0. The molecule has 0 bridgehead atoms. The molecule has 160 valence electrons. The summed E-state index contributed by atoms with van der Waals surface area (Å²) in [5.74, 6) is 5.46. The number of hydrogen-bond acceptors (Lipinski definition) is 1. The second-order valence-corrected chi connectivity index (χ2v) is 12.2. The molecule has 1 N–H and O–H groups in total. The van der Waals surface area contributed by atoms with Gasteiger partial charge in [0.2, 0.25) is 0 Å². The fourth-order valence-corrected chi connectivity index (χ4v) is 8.67. The summed E-state index contributed by atoms with van der Waals surface area (Å²) >= 11 is 0. The maximum absolute atomic E-state index is 10.2. The van der Waals surface area contributed by atoms with E-state index in [0.717, 1.165) is 48.3 Å². The minimum absolute atomic E-state index is 0.0766. The van der Waals surface area contributed by atoms with Gasteiger partial charge >= 0.3 is 0 Å². The van der Waals surface area contributed by atoms with Crippen LogP contribution in [0, 0.1) is 46.3 Å². The zero-order chi connectivity index (χ0) is 20.1. The highest BCUT2D eigenvalue weighted by Crippen LogP contribution is 2.67. The van der Waals surface area contributed by atoms with Crippen molar-refractivity contribution in [2.45, 2.75) is 111 Å². The van der Waals surface area contributed by atoms with Crippen molar-refractivity contribution in [3.63, 3.8) is 0 Å². The third-order valence-corrected chi connectivity index (χ3v) is 10.3. The fraction of sp³-hybridized carbons (Fsp3) is 0.926. The van der Waals surface area contributed by atoms with Crippen LogP contribution in [0.5, 0.6) is 0 Å². The summed E-state index contributed by atoms with van der Waals surface area (Å²) < 4.78 is 0. The smallest absolute Gasteiger partial charge is 0.0577 e. The largest absolute Gasteiger partial charge is 0.393 e. The maximum atomic E-state index is 10.2. The first-order valence-electron chi connectivity index (χ1n) is 12.6. The molecule has 0 spiro atoms. The van der Waals surface area contributed by atoms with Gasteiger partial charge in [0.25, 0.3) is 0 Å². The quantitative estimate of drug-likeness (QED) is 0.488. The molecule has 1 heteroatoms. The molecule has 0 aromatic heterocycles. The molecule has 8 atom stereocenters. The molecule has 0 aromatic rings. The van der Waals surface area contributed by atoms with Crippen LogP contribution in [0.25, 0.3) is 0 Å². The monoisotopic (exact) mass is 386 g/mol. The van der Waals surface area contributed by atoms with Crippen molar-refractivity contribution in [3.05, 3.63) is 11.6 Å². The van der Waals surface area contributed by atoms with Gasteiger partial charge in [-0.1, -0.05) is 65.5 Å². The van der Waals surface area contributed by atoms with Crippen molar-refractivity contribution >= 4 is 0 Å². The lowest BCUT2D eigenvalue weighted by molar-refractivity contribution is -0.0573. The van der Waals surface area contributed by atoms with Gasteiger partial charge in [0.05, 0.1) is 6.10 Å². The Morgan fingerprint density at radius 2 is 1.79 bits per heavy atom. The Labute approximate surface area is 174 Å². The molecule has 0 unspecified atom stereocenters. The molecule has 1 nitrogen and oxygen atoms in total. The summed E-state index contributed by atoms with van der Waals surface area (Å²) in [6, 6.07) is 0. The predicted octanol–water partition coefficient (Wildman–Crippen LogP) is 7.39. The second-order valence-electron chi connectivity index (χ2n) is 12.2. The van der Waals surface area contributed by atoms with Gasteiger partial charge in [0.15, 0.2) is 0 Å². The summed E-state index contributed by atoms with van der Waals surface area (Å²) in [6.07, 6.45) is 17.2. The molecule has 4 rings (SSSR count). The molecule has 3 saturated carbocycles. The summed E-state index contributed by atoms with van der Waals surface area (Å²) in [6.45, 7) is 12.6. The lowest BCUT2D eigenvalue weighted by Crippen LogP contribution is -2.50. The SMILES string of the molecule is CC(C)CCC[C@@H](C)[C@@H]1CC[C@H]2[C@@H]3CC=C4C[C@@H](O)CC[C@]4(C)[C@@H]3CC[C@]21C. The van der Waals surface area contributed by atoms with E-state index in [4.69, 9.17) is 0 Å². The molecule has 0 saturated heterocycles. The second kappa shape index (κ2) is 7.75. The summed E-state index contributed by atoms with van der Waals surface area (Å²) in [5.41, 5.74) is 2.60. The highest BCUT2D eigenvalue weighted by Gasteiger charge is 2.59. The van der Waals surface area contributed by atoms with Crippen molar-refractivity contribution in [1.29, 1.82) is 0 Å². The first-order valence-corrected chi connectivity index (χ1v) is 12.6. The van der Waals surface area contributed by atoms with Crippen LogP contribution in [0.15, 0.2) is 11.6 Å². The van der Waals surface area contributed by atoms with Gasteiger partial charge in [-0.3, -0.25) is 0 Å². The zero-order valence-corrected chi connectivity index (χ0v) is 19.3. The van der Waals surface area contributed by atoms with Crippen LogP contribution in [-0.2, 0) is 0 Å². The predicted molar refractivity (Wildman–Crippen MR) is 119 cm³/mol. The normalized spacial score (nSPS) is 46.5. The van der Waals surface area contributed by atoms with Crippen molar-refractivity contribution in [2.75, 3.05) is 0 Å². The van der Waals surface area contributed by atoms with Crippen LogP contribution in [0.3, 0.4) is 0 Å². The van der Waals surface area contributed by atoms with E-state index in [1.807, 2.05) is 0 Å². The molecule has 0 radical (unpaired) electrons. The van der Waals surface area contributed by atoms with E-state index in [1.54, 1.807) is 5.57 Å². The Hall–Kier alpha value is -0.300. The molecule has 4 aliphatic rings. The molecular formula is C27H46O. The lowest BCUT2D eigenvalue weighted by Gasteiger charge is -2.58. The summed E-state index contributed by atoms with van der Waals surface area (Å²) in [5, 5.41) is 10.2. The molecular weight excluding hydrogens is 340 g/mol. The highest BCUT2D eigenvalue weighted by molar-refractivity contribution is 5.25. The minimum Gasteiger partial charge on any atom is -0.393 e. The van der Waals surface area contributed by atoms with E-state index < -0.39 is 0 Å². The zero-order valence-electron chi connectivity index (χ0n) is 19.3. The number of fused-ring (bicyclic) bond motifs is 5. The standard InChI is InChI=1S/C27H46O/c1-18(2)7-6-8-19(3)23-11-12-24-22-10-9-20-17-21(28)13-15-26(20,4)25(22)14-16-27(23,24)5/h9,18-19,21-25,28H,6-8,10-17H2,1-5H3/t19-,21+,22+,23+,24+,25-,26+,27+/m1/s1. The Balaban J connectivity index is 1.49. The molecule has 0 aliphatic heterocycles. The maximum Gasteiger partial charge on any atom is 0.0577 e. The van der Waals surface area contributed by atoms with E-state index in [1.165, 1.54) is 57.8 Å². The van der Waals surface area contributed by atoms with Crippen LogP contribution in [-0.4, -0.2) is 11.2 Å². The Morgan fingerprint density at radius 3 is 2.54 bits per heavy atom. The van der Waals surface area contributed by atoms with Gasteiger partial charge in [-0.2, -0.15) is 0 Å². The Bertz CT molecular complexity index is 591. The van der Waals surface area contributed by atoms with Gasteiger partial charge in [0, 0.05) is 0 Å². The topological polar surface area (TPSA) is 20.2 Å². The number of aliphatic hydroxyl groups excluding tert-OH is 1. The molecule has 0 aromatic carbocycles. The van der Waals surface area contributed by atoms with E-state index in [-0.39, 0.29) is 6.10 Å². The van der Waals surface area contributed by atoms with Crippen molar-refractivity contribution in [1.82, 2.24) is 0 Å². The molecule has 0 amide bonds. The summed E-state index contributed by atoms with van der Waals surface area (Å²) in [4.78, 5) is 0. The van der Waals surface area contributed by atoms with Gasteiger partial charge < -0.3 is 5.11 Å². The Morgan fingerprint density at radius 1 is 1.00 bits per heavy atom. The number of hydrogen-bond donors (Lipinski definition) is 1. The van der Waals surface area contributed by atoms with E-state index in [0.29, 0.717) is 10.8 Å². The van der Waals surface area contributed by atoms with Crippen LogP contribution < -0.4 is 0 Å². The third-order valence-electron chi connectivity index (χ3n) is 10.3. The van der Waals surface area contributed by atoms with Crippen molar-refractivity contribution < 1.29 is 5.11 Å². The minimum atomic E-state index is -0.0766. The van der Waals surface area contributed by atoms with Crippen LogP contribution in [0.2, 0.25) is 0 Å². The highest BCUT2D eigenvalue weighted by atomic mass is 16.3. The van der Waals surface area contributed by atoms with Gasteiger partial charge in [-0.05, 0) is 97.7 Å². The first kappa shape index (κ1) is 21.0. The van der Waals surface area contributed by atoms with Crippen LogP contribution >= 0.6 is 0 Å². The van der Waals surface area contributed by atoms with Crippen molar-refractivity contribution in [3.8, 4) is 0 Å². The fourth-order valence-electron chi connectivity index (χ4n) is 8.67. The van der Waals surface area contributed by atoms with E-state index in [2.05, 4.69) is 40.7 Å². The molecule has 3 fully saturated rings. The van der Waals surface area contributed by atoms with Gasteiger partial charge in [-0.25, -0.2) is 0 Å². The van der Waals surface area contributed by atoms with E-state index >= 15 is 0 Å². The lowest BCUT2D eigenvalue weighted by atomic mass is 9.47.